The third kappa shape index (κ3) is 3.14. The molecule has 2 N–H and O–H groups in total. The van der Waals surface area contributed by atoms with Crippen LogP contribution in [0.3, 0.4) is 0 Å². The van der Waals surface area contributed by atoms with Crippen molar-refractivity contribution < 1.29 is 14.4 Å². The van der Waals surface area contributed by atoms with Crippen LogP contribution in [0, 0.1) is 5.41 Å². The highest BCUT2D eigenvalue weighted by atomic mass is 16.2. The van der Waals surface area contributed by atoms with Gasteiger partial charge in [0.2, 0.25) is 11.8 Å². The van der Waals surface area contributed by atoms with Crippen molar-refractivity contribution in [3.63, 3.8) is 0 Å². The Kier molecular flexibility index (Phi) is 4.56. The molecular formula is C14H22N2O3. The molecule has 4 amide bonds. The lowest BCUT2D eigenvalue weighted by atomic mass is 9.75. The fraction of sp³-hybridized carbons (Fsp3) is 0.786. The molecule has 1 saturated carbocycles. The quantitative estimate of drug-likeness (QED) is 0.660. The normalized spacial score (nSPS) is 25.4. The summed E-state index contributed by atoms with van der Waals surface area (Å²) < 4.78 is 0. The van der Waals surface area contributed by atoms with Gasteiger partial charge in [-0.1, -0.05) is 51.4 Å². The number of hydrogen-bond donors (Lipinski definition) is 2. The van der Waals surface area contributed by atoms with E-state index in [4.69, 9.17) is 0 Å². The Morgan fingerprint density at radius 2 is 1.00 bits per heavy atom. The van der Waals surface area contributed by atoms with Gasteiger partial charge in [-0.05, 0) is 12.8 Å². The van der Waals surface area contributed by atoms with Crippen molar-refractivity contribution in [3.8, 4) is 0 Å². The number of rotatable bonds is 0. The van der Waals surface area contributed by atoms with E-state index in [0.29, 0.717) is 12.8 Å². The Labute approximate surface area is 113 Å². The predicted octanol–water partition coefficient (Wildman–Crippen LogP) is 2.25. The van der Waals surface area contributed by atoms with E-state index in [-0.39, 0.29) is 0 Å². The summed E-state index contributed by atoms with van der Waals surface area (Å²) in [6.45, 7) is 0. The van der Waals surface area contributed by atoms with Gasteiger partial charge in [0, 0.05) is 0 Å². The first-order valence-electron chi connectivity index (χ1n) is 7.32. The van der Waals surface area contributed by atoms with Crippen molar-refractivity contribution >= 4 is 17.8 Å². The summed E-state index contributed by atoms with van der Waals surface area (Å²) in [6, 6.07) is -0.685. The first-order valence-corrected chi connectivity index (χ1v) is 7.32. The molecule has 2 rings (SSSR count). The first kappa shape index (κ1) is 14.0. The minimum absolute atomic E-state index is 0.402. The molecule has 106 valence electrons. The molecule has 1 heterocycles. The maximum atomic E-state index is 12.1. The van der Waals surface area contributed by atoms with E-state index >= 15 is 0 Å². The van der Waals surface area contributed by atoms with Crippen LogP contribution in [0.5, 0.6) is 0 Å². The van der Waals surface area contributed by atoms with Gasteiger partial charge in [0.05, 0.1) is 0 Å². The zero-order valence-corrected chi connectivity index (χ0v) is 11.3. The molecule has 19 heavy (non-hydrogen) atoms. The molecule has 2 fully saturated rings. The van der Waals surface area contributed by atoms with Crippen molar-refractivity contribution in [1.82, 2.24) is 10.6 Å². The Bertz CT molecular complexity index is 345. The van der Waals surface area contributed by atoms with E-state index in [9.17, 15) is 14.4 Å². The third-order valence-electron chi connectivity index (χ3n) is 4.28. The van der Waals surface area contributed by atoms with Crippen LogP contribution in [0.25, 0.3) is 0 Å². The van der Waals surface area contributed by atoms with Gasteiger partial charge < -0.3 is 0 Å². The van der Waals surface area contributed by atoms with E-state index in [1.807, 2.05) is 0 Å². The summed E-state index contributed by atoms with van der Waals surface area (Å²) in [5.74, 6) is -0.805. The number of amides is 4. The van der Waals surface area contributed by atoms with Gasteiger partial charge in [0.15, 0.2) is 0 Å². The zero-order valence-electron chi connectivity index (χ0n) is 11.3. The van der Waals surface area contributed by atoms with Crippen LogP contribution >= 0.6 is 0 Å². The third-order valence-corrected chi connectivity index (χ3v) is 4.28. The molecule has 5 heteroatoms. The van der Waals surface area contributed by atoms with Crippen molar-refractivity contribution in [2.24, 2.45) is 5.41 Å². The highest BCUT2D eigenvalue weighted by Crippen LogP contribution is 2.34. The molecule has 0 aromatic heterocycles. The molecule has 5 nitrogen and oxygen atoms in total. The fourth-order valence-corrected chi connectivity index (χ4v) is 3.07. The van der Waals surface area contributed by atoms with Gasteiger partial charge in [-0.2, -0.15) is 0 Å². The smallest absolute Gasteiger partial charge is 0.277 e. The summed E-state index contributed by atoms with van der Waals surface area (Å²) in [5.41, 5.74) is -1.02. The molecule has 0 aromatic rings. The van der Waals surface area contributed by atoms with Crippen LogP contribution < -0.4 is 10.6 Å². The van der Waals surface area contributed by atoms with Crippen LogP contribution in [0.2, 0.25) is 0 Å². The summed E-state index contributed by atoms with van der Waals surface area (Å²) in [7, 11) is 0. The highest BCUT2D eigenvalue weighted by molar-refractivity contribution is 6.19. The number of imide groups is 2. The first-order chi connectivity index (χ1) is 9.15. The van der Waals surface area contributed by atoms with Crippen LogP contribution in [0.4, 0.5) is 4.79 Å². The lowest BCUT2D eigenvalue weighted by Gasteiger charge is -2.34. The van der Waals surface area contributed by atoms with Gasteiger partial charge in [0.1, 0.15) is 5.41 Å². The van der Waals surface area contributed by atoms with Gasteiger partial charge in [0.25, 0.3) is 0 Å². The number of nitrogens with one attached hydrogen (secondary N) is 2. The Balaban J connectivity index is 2.12. The van der Waals surface area contributed by atoms with Gasteiger partial charge in [-0.15, -0.1) is 0 Å². The van der Waals surface area contributed by atoms with E-state index in [1.165, 1.54) is 12.8 Å². The minimum Gasteiger partial charge on any atom is -0.277 e. The zero-order chi connectivity index (χ0) is 13.7. The number of barbiturate groups is 1. The Hall–Kier alpha value is -1.39. The summed E-state index contributed by atoms with van der Waals surface area (Å²) >= 11 is 0. The summed E-state index contributed by atoms with van der Waals surface area (Å²) in [6.07, 6.45) is 9.76. The molecule has 1 saturated heterocycles. The van der Waals surface area contributed by atoms with E-state index in [1.54, 1.807) is 0 Å². The molecular weight excluding hydrogens is 244 g/mol. The summed E-state index contributed by atoms with van der Waals surface area (Å²) in [4.78, 5) is 35.5. The van der Waals surface area contributed by atoms with Crippen molar-refractivity contribution in [2.75, 3.05) is 0 Å². The van der Waals surface area contributed by atoms with Crippen molar-refractivity contribution in [1.29, 1.82) is 0 Å². The van der Waals surface area contributed by atoms with Gasteiger partial charge in [-0.3, -0.25) is 20.2 Å². The van der Waals surface area contributed by atoms with Crippen LogP contribution in [0.1, 0.15) is 64.2 Å². The standard InChI is InChI=1S/C14H22N2O3/c17-11-14(12(18)16-13(19)15-11)9-7-5-3-1-2-4-6-8-10-14/h1-10H2,(H2,15,16,17,18,19). The van der Waals surface area contributed by atoms with E-state index in [0.717, 1.165) is 38.5 Å². The van der Waals surface area contributed by atoms with Gasteiger partial charge in [-0.25, -0.2) is 4.79 Å². The van der Waals surface area contributed by atoms with Crippen molar-refractivity contribution in [3.05, 3.63) is 0 Å². The van der Waals surface area contributed by atoms with Crippen molar-refractivity contribution in [2.45, 2.75) is 64.2 Å². The topological polar surface area (TPSA) is 75.3 Å². The molecule has 1 aliphatic heterocycles. The average molecular weight is 266 g/mol. The molecule has 0 bridgehead atoms. The number of carbonyl (C=O) groups is 3. The van der Waals surface area contributed by atoms with Crippen LogP contribution in [-0.4, -0.2) is 17.8 Å². The lowest BCUT2D eigenvalue weighted by Crippen LogP contribution is -2.62. The maximum absolute atomic E-state index is 12.1. The Morgan fingerprint density at radius 1 is 0.632 bits per heavy atom. The number of urea groups is 1. The van der Waals surface area contributed by atoms with E-state index < -0.39 is 23.3 Å². The number of carbonyl (C=O) groups excluding carboxylic acids is 3. The number of hydrogen-bond acceptors (Lipinski definition) is 3. The minimum atomic E-state index is -1.02. The lowest BCUT2D eigenvalue weighted by molar-refractivity contribution is -0.145. The second-order valence-corrected chi connectivity index (χ2v) is 5.65. The molecule has 0 aromatic carbocycles. The fourth-order valence-electron chi connectivity index (χ4n) is 3.07. The van der Waals surface area contributed by atoms with Crippen LogP contribution in [-0.2, 0) is 9.59 Å². The second kappa shape index (κ2) is 6.17. The maximum Gasteiger partial charge on any atom is 0.328 e. The average Bonchev–Trinajstić information content (AvgIpc) is 2.41. The molecule has 1 spiro atoms. The molecule has 2 aliphatic rings. The summed E-state index contributed by atoms with van der Waals surface area (Å²) in [5, 5.41) is 4.52. The molecule has 0 unspecified atom stereocenters. The highest BCUT2D eigenvalue weighted by Gasteiger charge is 2.48. The molecule has 0 atom stereocenters. The van der Waals surface area contributed by atoms with Gasteiger partial charge >= 0.3 is 6.03 Å². The largest absolute Gasteiger partial charge is 0.328 e. The monoisotopic (exact) mass is 266 g/mol. The molecule has 0 radical (unpaired) electrons. The van der Waals surface area contributed by atoms with Crippen LogP contribution in [0.15, 0.2) is 0 Å². The SMILES string of the molecule is O=C1NC(=O)C2(CCCCCCCCCC2)C(=O)N1. The predicted molar refractivity (Wildman–Crippen MR) is 70.3 cm³/mol. The second-order valence-electron chi connectivity index (χ2n) is 5.65. The van der Waals surface area contributed by atoms with E-state index in [2.05, 4.69) is 10.6 Å². The molecule has 1 aliphatic carbocycles. The Morgan fingerprint density at radius 3 is 1.42 bits per heavy atom.